The molecule has 0 aliphatic rings. The van der Waals surface area contributed by atoms with Gasteiger partial charge in [-0.15, -0.1) is 24.0 Å². The zero-order valence-corrected chi connectivity index (χ0v) is 21.6. The number of hydrogen-bond donors (Lipinski definition) is 2. The van der Waals surface area contributed by atoms with Crippen LogP contribution < -0.4 is 15.4 Å². The van der Waals surface area contributed by atoms with Crippen molar-refractivity contribution < 1.29 is 9.47 Å². The first-order chi connectivity index (χ1) is 14.5. The number of pyridine rings is 1. The predicted octanol–water partition coefficient (Wildman–Crippen LogP) is 3.74. The summed E-state index contributed by atoms with van der Waals surface area (Å²) in [6.45, 7) is 8.36. The highest BCUT2D eigenvalue weighted by Crippen LogP contribution is 2.22. The van der Waals surface area contributed by atoms with E-state index in [1.54, 1.807) is 20.4 Å². The molecule has 0 fully saturated rings. The first kappa shape index (κ1) is 27.1. The molecule has 0 atom stereocenters. The lowest BCUT2D eigenvalue weighted by Crippen LogP contribution is -2.40. The van der Waals surface area contributed by atoms with Gasteiger partial charge < -0.3 is 25.0 Å². The molecule has 1 aromatic carbocycles. The highest BCUT2D eigenvalue weighted by Gasteiger charge is 2.04. The molecule has 0 amide bonds. The Labute approximate surface area is 203 Å². The second-order valence-corrected chi connectivity index (χ2v) is 7.35. The number of nitrogens with zero attached hydrogens (tertiary/aromatic N) is 3. The summed E-state index contributed by atoms with van der Waals surface area (Å²) < 4.78 is 11.0. The highest BCUT2D eigenvalue weighted by molar-refractivity contribution is 14.0. The van der Waals surface area contributed by atoms with E-state index in [4.69, 9.17) is 9.47 Å². The molecule has 1 aromatic heterocycles. The van der Waals surface area contributed by atoms with E-state index in [1.165, 1.54) is 11.1 Å². The minimum atomic E-state index is 0. The van der Waals surface area contributed by atoms with Crippen molar-refractivity contribution in [3.05, 3.63) is 53.2 Å². The summed E-state index contributed by atoms with van der Waals surface area (Å²) in [5, 5.41) is 6.68. The second kappa shape index (κ2) is 15.0. The minimum absolute atomic E-state index is 0. The van der Waals surface area contributed by atoms with Crippen LogP contribution in [0.5, 0.6) is 11.6 Å². The van der Waals surface area contributed by atoms with Crippen molar-refractivity contribution in [1.82, 2.24) is 20.5 Å². The summed E-state index contributed by atoms with van der Waals surface area (Å²) in [6, 6.07) is 9.96. The Kier molecular flexibility index (Phi) is 13.1. The van der Waals surface area contributed by atoms with Gasteiger partial charge in [-0.25, -0.2) is 4.98 Å². The van der Waals surface area contributed by atoms with Gasteiger partial charge in [-0.3, -0.25) is 4.99 Å². The molecule has 0 radical (unpaired) electrons. The maximum absolute atomic E-state index is 5.92. The molecule has 7 nitrogen and oxygen atoms in total. The number of rotatable bonds is 11. The molecule has 0 aliphatic heterocycles. The van der Waals surface area contributed by atoms with Crippen LogP contribution in [0.2, 0.25) is 0 Å². The van der Waals surface area contributed by atoms with Crippen LogP contribution in [0.4, 0.5) is 0 Å². The van der Waals surface area contributed by atoms with Crippen LogP contribution >= 0.6 is 24.0 Å². The molecule has 172 valence electrons. The number of guanidine groups is 1. The van der Waals surface area contributed by atoms with E-state index >= 15 is 0 Å². The van der Waals surface area contributed by atoms with Crippen LogP contribution in [-0.2, 0) is 11.3 Å². The Morgan fingerprint density at radius 3 is 2.61 bits per heavy atom. The van der Waals surface area contributed by atoms with Gasteiger partial charge >= 0.3 is 0 Å². The average molecular weight is 541 g/mol. The third-order valence-electron chi connectivity index (χ3n) is 4.86. The van der Waals surface area contributed by atoms with Crippen molar-refractivity contribution in [1.29, 1.82) is 0 Å². The first-order valence-electron chi connectivity index (χ1n) is 10.3. The zero-order valence-electron chi connectivity index (χ0n) is 19.3. The fourth-order valence-electron chi connectivity index (χ4n) is 2.88. The summed E-state index contributed by atoms with van der Waals surface area (Å²) >= 11 is 0. The van der Waals surface area contributed by atoms with E-state index < -0.39 is 0 Å². The molecule has 0 unspecified atom stereocenters. The lowest BCUT2D eigenvalue weighted by Gasteiger charge is -2.18. The van der Waals surface area contributed by atoms with Crippen molar-refractivity contribution in [2.75, 3.05) is 47.4 Å². The Bertz CT molecular complexity index is 816. The first-order valence-corrected chi connectivity index (χ1v) is 10.3. The summed E-state index contributed by atoms with van der Waals surface area (Å²) in [7, 11) is 5.62. The van der Waals surface area contributed by atoms with Crippen LogP contribution in [0.15, 0.2) is 41.5 Å². The number of nitrogens with one attached hydrogen (secondary N) is 2. The molecule has 2 N–H and O–H groups in total. The normalized spacial score (nSPS) is 11.2. The van der Waals surface area contributed by atoms with Gasteiger partial charge in [-0.2, -0.15) is 0 Å². The van der Waals surface area contributed by atoms with Crippen LogP contribution in [-0.4, -0.2) is 63.3 Å². The van der Waals surface area contributed by atoms with E-state index in [0.717, 1.165) is 49.9 Å². The van der Waals surface area contributed by atoms with Gasteiger partial charge in [0.1, 0.15) is 5.75 Å². The van der Waals surface area contributed by atoms with E-state index in [0.29, 0.717) is 12.4 Å². The summed E-state index contributed by atoms with van der Waals surface area (Å²) in [5.74, 6) is 2.15. The van der Waals surface area contributed by atoms with Crippen LogP contribution in [0.25, 0.3) is 0 Å². The van der Waals surface area contributed by atoms with Crippen LogP contribution in [0.3, 0.4) is 0 Å². The van der Waals surface area contributed by atoms with Gasteiger partial charge in [0.15, 0.2) is 5.96 Å². The van der Waals surface area contributed by atoms with Gasteiger partial charge in [0.05, 0.1) is 0 Å². The summed E-state index contributed by atoms with van der Waals surface area (Å²) in [5.41, 5.74) is 3.52. The number of methoxy groups -OCH3 is 1. The van der Waals surface area contributed by atoms with Crippen molar-refractivity contribution in [3.63, 3.8) is 0 Å². The third kappa shape index (κ3) is 10.3. The van der Waals surface area contributed by atoms with Crippen molar-refractivity contribution in [2.45, 2.75) is 26.8 Å². The Hall–Kier alpha value is -1.91. The van der Waals surface area contributed by atoms with Gasteiger partial charge in [0.2, 0.25) is 5.88 Å². The maximum atomic E-state index is 5.92. The molecule has 0 saturated carbocycles. The SMILES string of the molecule is CN=C(NCCN(C)CCCOC)NCc1ccnc(Oc2ccc(C)c(C)c2)c1.I. The van der Waals surface area contributed by atoms with Crippen LogP contribution in [0, 0.1) is 13.8 Å². The van der Waals surface area contributed by atoms with Crippen molar-refractivity contribution in [3.8, 4) is 11.6 Å². The average Bonchev–Trinajstić information content (AvgIpc) is 2.73. The van der Waals surface area contributed by atoms with Gasteiger partial charge in [-0.1, -0.05) is 6.07 Å². The Morgan fingerprint density at radius 2 is 1.90 bits per heavy atom. The fourth-order valence-corrected chi connectivity index (χ4v) is 2.88. The number of aliphatic imine (C=N–C) groups is 1. The zero-order chi connectivity index (χ0) is 21.8. The molecular formula is C23H36IN5O2. The standard InChI is InChI=1S/C23H35N5O2.HI/c1-18-7-8-21(15-19(18)2)30-22-16-20(9-10-25-22)17-27-23(24-3)26-11-13-28(4)12-6-14-29-5;/h7-10,15-16H,6,11-14,17H2,1-5H3,(H2,24,26,27);1H. The van der Waals surface area contributed by atoms with Crippen molar-refractivity contribution >= 4 is 29.9 Å². The van der Waals surface area contributed by atoms with Crippen LogP contribution in [0.1, 0.15) is 23.1 Å². The highest BCUT2D eigenvalue weighted by atomic mass is 127. The largest absolute Gasteiger partial charge is 0.439 e. The molecule has 0 spiro atoms. The molecule has 2 rings (SSSR count). The number of likely N-dealkylation sites (N-methyl/N-ethyl adjacent to an activating group) is 1. The number of aromatic nitrogens is 1. The number of benzene rings is 1. The third-order valence-corrected chi connectivity index (χ3v) is 4.86. The number of aryl methyl sites for hydroxylation is 2. The molecule has 0 saturated heterocycles. The Morgan fingerprint density at radius 1 is 1.10 bits per heavy atom. The molecular weight excluding hydrogens is 505 g/mol. The number of hydrogen-bond acceptors (Lipinski definition) is 5. The molecule has 0 aliphatic carbocycles. The monoisotopic (exact) mass is 541 g/mol. The summed E-state index contributed by atoms with van der Waals surface area (Å²) in [4.78, 5) is 10.9. The second-order valence-electron chi connectivity index (χ2n) is 7.35. The van der Waals surface area contributed by atoms with Gasteiger partial charge in [0, 0.05) is 59.2 Å². The Balaban J connectivity index is 0.00000480. The van der Waals surface area contributed by atoms with E-state index in [2.05, 4.69) is 52.5 Å². The predicted molar refractivity (Wildman–Crippen MR) is 138 cm³/mol. The fraction of sp³-hybridized carbons (Fsp3) is 0.478. The number of halogens is 1. The maximum Gasteiger partial charge on any atom is 0.219 e. The molecule has 0 bridgehead atoms. The van der Waals surface area contributed by atoms with E-state index in [1.807, 2.05) is 24.3 Å². The van der Waals surface area contributed by atoms with E-state index in [9.17, 15) is 0 Å². The molecule has 8 heteroatoms. The summed E-state index contributed by atoms with van der Waals surface area (Å²) in [6.07, 6.45) is 2.80. The van der Waals surface area contributed by atoms with Gasteiger partial charge in [0.25, 0.3) is 0 Å². The van der Waals surface area contributed by atoms with Gasteiger partial charge in [-0.05, 0) is 62.2 Å². The lowest BCUT2D eigenvalue weighted by molar-refractivity contribution is 0.180. The molecule has 2 aromatic rings. The van der Waals surface area contributed by atoms with Crippen molar-refractivity contribution in [2.24, 2.45) is 4.99 Å². The minimum Gasteiger partial charge on any atom is -0.439 e. The smallest absolute Gasteiger partial charge is 0.219 e. The quantitative estimate of drug-likeness (QED) is 0.196. The molecule has 1 heterocycles. The number of ether oxygens (including phenoxy) is 2. The lowest BCUT2D eigenvalue weighted by atomic mass is 10.1. The van der Waals surface area contributed by atoms with E-state index in [-0.39, 0.29) is 24.0 Å². The molecule has 31 heavy (non-hydrogen) atoms. The topological polar surface area (TPSA) is 71.0 Å².